The summed E-state index contributed by atoms with van der Waals surface area (Å²) in [6.45, 7) is 0. The van der Waals surface area contributed by atoms with E-state index in [1.807, 2.05) is 96.7 Å². The van der Waals surface area contributed by atoms with Gasteiger partial charge in [-0.05, 0) is 30.3 Å². The van der Waals surface area contributed by atoms with Crippen LogP contribution in [0.2, 0.25) is 0 Å². The lowest BCUT2D eigenvalue weighted by Gasteiger charge is -2.12. The molecule has 0 aliphatic rings. The standard InChI is InChI=1S/C22H18N2O2/c1-24-15-18(17-11-5-7-13-20(17)24)22(25)23-19-12-6-8-14-21(19)26-16-9-3-2-4-10-16/h2-15H,1H3,(H,23,25). The summed E-state index contributed by atoms with van der Waals surface area (Å²) in [5.41, 5.74) is 2.29. The minimum atomic E-state index is -0.161. The third-order valence-corrected chi connectivity index (χ3v) is 4.25. The molecule has 0 aliphatic heterocycles. The summed E-state index contributed by atoms with van der Waals surface area (Å²) in [7, 11) is 1.94. The van der Waals surface area contributed by atoms with Gasteiger partial charge in [0.2, 0.25) is 0 Å². The SMILES string of the molecule is Cn1cc(C(=O)Nc2ccccc2Oc2ccccc2)c2ccccc21. The molecular formula is C22H18N2O2. The predicted molar refractivity (Wildman–Crippen MR) is 104 cm³/mol. The van der Waals surface area contributed by atoms with Crippen molar-refractivity contribution in [2.75, 3.05) is 5.32 Å². The van der Waals surface area contributed by atoms with Crippen LogP contribution in [0.15, 0.2) is 85.1 Å². The molecule has 0 saturated carbocycles. The summed E-state index contributed by atoms with van der Waals surface area (Å²) < 4.78 is 7.87. The van der Waals surface area contributed by atoms with Gasteiger partial charge in [0.05, 0.1) is 11.3 Å². The first-order chi connectivity index (χ1) is 12.7. The molecule has 1 aromatic heterocycles. The Hall–Kier alpha value is -3.53. The fourth-order valence-electron chi connectivity index (χ4n) is 2.99. The van der Waals surface area contributed by atoms with Crippen molar-refractivity contribution in [1.82, 2.24) is 4.57 Å². The van der Waals surface area contributed by atoms with Crippen molar-refractivity contribution in [1.29, 1.82) is 0 Å². The Morgan fingerprint density at radius 2 is 1.58 bits per heavy atom. The number of hydrogen-bond acceptors (Lipinski definition) is 2. The van der Waals surface area contributed by atoms with Crippen LogP contribution in [0.3, 0.4) is 0 Å². The highest BCUT2D eigenvalue weighted by Gasteiger charge is 2.15. The third kappa shape index (κ3) is 3.05. The smallest absolute Gasteiger partial charge is 0.257 e. The molecule has 4 rings (SSSR count). The van der Waals surface area contributed by atoms with E-state index in [2.05, 4.69) is 5.32 Å². The zero-order valence-corrected chi connectivity index (χ0v) is 14.3. The summed E-state index contributed by atoms with van der Waals surface area (Å²) in [6.07, 6.45) is 1.85. The van der Waals surface area contributed by atoms with Crippen LogP contribution in [-0.2, 0) is 7.05 Å². The Morgan fingerprint density at radius 1 is 0.885 bits per heavy atom. The molecule has 1 heterocycles. The van der Waals surface area contributed by atoms with E-state index in [1.54, 1.807) is 0 Å². The molecule has 0 spiro atoms. The molecule has 4 heteroatoms. The Kier molecular flexibility index (Phi) is 4.15. The van der Waals surface area contributed by atoms with Crippen LogP contribution >= 0.6 is 0 Å². The summed E-state index contributed by atoms with van der Waals surface area (Å²) >= 11 is 0. The van der Waals surface area contributed by atoms with E-state index in [4.69, 9.17) is 4.74 Å². The number of hydrogen-bond donors (Lipinski definition) is 1. The number of carbonyl (C=O) groups excluding carboxylic acids is 1. The van der Waals surface area contributed by atoms with Crippen LogP contribution in [0.25, 0.3) is 10.9 Å². The second-order valence-corrected chi connectivity index (χ2v) is 6.04. The molecule has 4 nitrogen and oxygen atoms in total. The van der Waals surface area contributed by atoms with E-state index in [0.717, 1.165) is 16.7 Å². The van der Waals surface area contributed by atoms with E-state index < -0.39 is 0 Å². The zero-order chi connectivity index (χ0) is 17.9. The maximum absolute atomic E-state index is 12.9. The number of aryl methyl sites for hydroxylation is 1. The number of benzene rings is 3. The first-order valence-corrected chi connectivity index (χ1v) is 8.40. The van der Waals surface area contributed by atoms with Crippen LogP contribution in [0.1, 0.15) is 10.4 Å². The minimum Gasteiger partial charge on any atom is -0.455 e. The highest BCUT2D eigenvalue weighted by molar-refractivity contribution is 6.13. The average molecular weight is 342 g/mol. The van der Waals surface area contributed by atoms with E-state index in [1.165, 1.54) is 0 Å². The fraction of sp³-hybridized carbons (Fsp3) is 0.0455. The second-order valence-electron chi connectivity index (χ2n) is 6.04. The number of fused-ring (bicyclic) bond motifs is 1. The van der Waals surface area contributed by atoms with Gasteiger partial charge in [-0.25, -0.2) is 0 Å². The van der Waals surface area contributed by atoms with E-state index >= 15 is 0 Å². The number of ether oxygens (including phenoxy) is 1. The number of carbonyl (C=O) groups is 1. The van der Waals surface area contributed by atoms with Gasteiger partial charge >= 0.3 is 0 Å². The van der Waals surface area contributed by atoms with Crippen molar-refractivity contribution < 1.29 is 9.53 Å². The average Bonchev–Trinajstić information content (AvgIpc) is 3.01. The first-order valence-electron chi connectivity index (χ1n) is 8.40. The number of nitrogens with one attached hydrogen (secondary N) is 1. The number of para-hydroxylation sites is 4. The zero-order valence-electron chi connectivity index (χ0n) is 14.3. The highest BCUT2D eigenvalue weighted by Crippen LogP contribution is 2.30. The van der Waals surface area contributed by atoms with Gasteiger partial charge in [0.1, 0.15) is 5.75 Å². The van der Waals surface area contributed by atoms with Gasteiger partial charge in [0, 0.05) is 24.1 Å². The molecular weight excluding hydrogens is 324 g/mol. The molecule has 0 bridgehead atoms. The first kappa shape index (κ1) is 16.0. The summed E-state index contributed by atoms with van der Waals surface area (Å²) in [4.78, 5) is 12.9. The Labute approximate surface area is 151 Å². The van der Waals surface area contributed by atoms with Crippen LogP contribution in [-0.4, -0.2) is 10.5 Å². The van der Waals surface area contributed by atoms with Gasteiger partial charge < -0.3 is 14.6 Å². The number of rotatable bonds is 4. The lowest BCUT2D eigenvalue weighted by Crippen LogP contribution is -2.12. The Bertz CT molecular complexity index is 1070. The molecule has 4 aromatic rings. The predicted octanol–water partition coefficient (Wildman–Crippen LogP) is 5.22. The molecule has 3 aromatic carbocycles. The molecule has 0 radical (unpaired) electrons. The topological polar surface area (TPSA) is 43.3 Å². The molecule has 26 heavy (non-hydrogen) atoms. The van der Waals surface area contributed by atoms with Crippen molar-refractivity contribution in [2.24, 2.45) is 7.05 Å². The van der Waals surface area contributed by atoms with E-state index in [9.17, 15) is 4.79 Å². The van der Waals surface area contributed by atoms with Crippen LogP contribution in [0.4, 0.5) is 5.69 Å². The van der Waals surface area contributed by atoms with Crippen molar-refractivity contribution in [3.8, 4) is 11.5 Å². The van der Waals surface area contributed by atoms with E-state index in [0.29, 0.717) is 17.0 Å². The van der Waals surface area contributed by atoms with Gasteiger partial charge in [-0.1, -0.05) is 48.5 Å². The monoisotopic (exact) mass is 342 g/mol. The maximum atomic E-state index is 12.9. The van der Waals surface area contributed by atoms with Gasteiger partial charge in [-0.15, -0.1) is 0 Å². The highest BCUT2D eigenvalue weighted by atomic mass is 16.5. The van der Waals surface area contributed by atoms with Crippen molar-refractivity contribution >= 4 is 22.5 Å². The summed E-state index contributed by atoms with van der Waals surface area (Å²) in [6, 6.07) is 24.8. The van der Waals surface area contributed by atoms with Crippen molar-refractivity contribution in [3.05, 3.63) is 90.6 Å². The quantitative estimate of drug-likeness (QED) is 0.552. The number of anilines is 1. The molecule has 128 valence electrons. The molecule has 1 amide bonds. The van der Waals surface area contributed by atoms with Crippen molar-refractivity contribution in [2.45, 2.75) is 0 Å². The fourth-order valence-corrected chi connectivity index (χ4v) is 2.99. The number of nitrogens with zero attached hydrogens (tertiary/aromatic N) is 1. The lowest BCUT2D eigenvalue weighted by molar-refractivity contribution is 0.102. The van der Waals surface area contributed by atoms with Gasteiger partial charge in [0.15, 0.2) is 5.75 Å². The maximum Gasteiger partial charge on any atom is 0.257 e. The normalized spacial score (nSPS) is 10.7. The molecule has 0 fully saturated rings. The minimum absolute atomic E-state index is 0.161. The summed E-state index contributed by atoms with van der Waals surface area (Å²) in [5, 5.41) is 3.90. The van der Waals surface area contributed by atoms with Gasteiger partial charge in [-0.2, -0.15) is 0 Å². The number of amides is 1. The molecule has 0 aliphatic carbocycles. The Balaban J connectivity index is 1.64. The Morgan fingerprint density at radius 3 is 2.42 bits per heavy atom. The van der Waals surface area contributed by atoms with Crippen molar-refractivity contribution in [3.63, 3.8) is 0 Å². The molecule has 0 unspecified atom stereocenters. The van der Waals surface area contributed by atoms with E-state index in [-0.39, 0.29) is 5.91 Å². The van der Waals surface area contributed by atoms with Crippen LogP contribution in [0.5, 0.6) is 11.5 Å². The van der Waals surface area contributed by atoms with Gasteiger partial charge in [0.25, 0.3) is 5.91 Å². The van der Waals surface area contributed by atoms with Crippen LogP contribution < -0.4 is 10.1 Å². The largest absolute Gasteiger partial charge is 0.455 e. The number of aromatic nitrogens is 1. The third-order valence-electron chi connectivity index (χ3n) is 4.25. The molecule has 0 saturated heterocycles. The molecule has 1 N–H and O–H groups in total. The summed E-state index contributed by atoms with van der Waals surface area (Å²) in [5.74, 6) is 1.16. The molecule has 0 atom stereocenters. The second kappa shape index (κ2) is 6.76. The van der Waals surface area contributed by atoms with Gasteiger partial charge in [-0.3, -0.25) is 4.79 Å². The lowest BCUT2D eigenvalue weighted by atomic mass is 10.1. The van der Waals surface area contributed by atoms with Crippen LogP contribution in [0, 0.1) is 0 Å².